The van der Waals surface area contributed by atoms with Gasteiger partial charge in [-0.15, -0.1) is 5.16 Å². The van der Waals surface area contributed by atoms with E-state index in [0.717, 1.165) is 5.56 Å². The van der Waals surface area contributed by atoms with E-state index in [1.165, 1.54) is 12.3 Å². The molecule has 0 spiro atoms. The number of hydrogen-bond donors (Lipinski definition) is 1. The van der Waals surface area contributed by atoms with Crippen molar-refractivity contribution >= 4 is 12.1 Å². The van der Waals surface area contributed by atoms with Crippen molar-refractivity contribution < 1.29 is 10.0 Å². The first-order valence-corrected chi connectivity index (χ1v) is 6.12. The minimum atomic E-state index is -0.401. The molecule has 0 aliphatic carbocycles. The molecule has 4 nitrogen and oxygen atoms in total. The predicted octanol–water partition coefficient (Wildman–Crippen LogP) is 2.69. The standard InChI is InChI=1S/C15H20N2O2/c1-4-14(18)17(12-15(2,3)11-16-19)10-13-8-6-5-7-9-13/h4-9,11,19H,1,10,12H2,2-3H3/b16-11+. The van der Waals surface area contributed by atoms with E-state index in [9.17, 15) is 4.79 Å². The monoisotopic (exact) mass is 260 g/mol. The molecule has 0 heterocycles. The Morgan fingerprint density at radius 3 is 2.58 bits per heavy atom. The predicted molar refractivity (Wildman–Crippen MR) is 76.1 cm³/mol. The molecule has 0 aliphatic heterocycles. The highest BCUT2D eigenvalue weighted by Crippen LogP contribution is 2.16. The Morgan fingerprint density at radius 2 is 2.05 bits per heavy atom. The average Bonchev–Trinajstić information content (AvgIpc) is 2.38. The van der Waals surface area contributed by atoms with Gasteiger partial charge in [-0.05, 0) is 11.6 Å². The van der Waals surface area contributed by atoms with Crippen LogP contribution in [-0.4, -0.2) is 28.8 Å². The second kappa shape index (κ2) is 6.73. The third kappa shape index (κ3) is 4.95. The van der Waals surface area contributed by atoms with Crippen LogP contribution in [-0.2, 0) is 11.3 Å². The van der Waals surface area contributed by atoms with Crippen molar-refractivity contribution in [2.24, 2.45) is 10.6 Å². The summed E-state index contributed by atoms with van der Waals surface area (Å²) in [7, 11) is 0. The second-order valence-electron chi connectivity index (χ2n) is 5.12. The summed E-state index contributed by atoms with van der Waals surface area (Å²) in [6, 6.07) is 9.75. The highest BCUT2D eigenvalue weighted by Gasteiger charge is 2.22. The van der Waals surface area contributed by atoms with Gasteiger partial charge in [0.1, 0.15) is 0 Å². The van der Waals surface area contributed by atoms with Gasteiger partial charge >= 0.3 is 0 Å². The van der Waals surface area contributed by atoms with Crippen LogP contribution in [0.4, 0.5) is 0 Å². The molecule has 0 saturated heterocycles. The summed E-state index contributed by atoms with van der Waals surface area (Å²) in [5.74, 6) is -0.136. The van der Waals surface area contributed by atoms with Crippen molar-refractivity contribution in [2.45, 2.75) is 20.4 Å². The van der Waals surface area contributed by atoms with E-state index < -0.39 is 5.41 Å². The van der Waals surface area contributed by atoms with E-state index in [1.807, 2.05) is 44.2 Å². The maximum atomic E-state index is 11.9. The average molecular weight is 260 g/mol. The Bertz CT molecular complexity index is 452. The lowest BCUT2D eigenvalue weighted by Crippen LogP contribution is -2.38. The van der Waals surface area contributed by atoms with Gasteiger partial charge in [0.25, 0.3) is 0 Å². The van der Waals surface area contributed by atoms with E-state index in [2.05, 4.69) is 11.7 Å². The fourth-order valence-electron chi connectivity index (χ4n) is 1.83. The number of carbonyl (C=O) groups excluding carboxylic acids is 1. The third-order valence-electron chi connectivity index (χ3n) is 2.71. The number of hydrogen-bond acceptors (Lipinski definition) is 3. The van der Waals surface area contributed by atoms with Crippen molar-refractivity contribution in [3.05, 3.63) is 48.6 Å². The van der Waals surface area contributed by atoms with Gasteiger partial charge in [0.15, 0.2) is 0 Å². The van der Waals surface area contributed by atoms with Gasteiger partial charge in [0.2, 0.25) is 5.91 Å². The molecule has 102 valence electrons. The molecule has 19 heavy (non-hydrogen) atoms. The molecule has 0 saturated carbocycles. The largest absolute Gasteiger partial charge is 0.411 e. The Morgan fingerprint density at radius 1 is 1.42 bits per heavy atom. The number of amides is 1. The minimum absolute atomic E-state index is 0.136. The Balaban J connectivity index is 2.84. The van der Waals surface area contributed by atoms with Gasteiger partial charge in [-0.25, -0.2) is 0 Å². The van der Waals surface area contributed by atoms with E-state index in [4.69, 9.17) is 5.21 Å². The van der Waals surface area contributed by atoms with Crippen LogP contribution in [0, 0.1) is 5.41 Å². The van der Waals surface area contributed by atoms with Crippen molar-refractivity contribution in [3.63, 3.8) is 0 Å². The maximum absolute atomic E-state index is 11.9. The summed E-state index contributed by atoms with van der Waals surface area (Å²) in [4.78, 5) is 13.6. The van der Waals surface area contributed by atoms with Crippen LogP contribution in [0.25, 0.3) is 0 Å². The van der Waals surface area contributed by atoms with E-state index in [1.54, 1.807) is 4.90 Å². The lowest BCUT2D eigenvalue weighted by molar-refractivity contribution is -0.127. The van der Waals surface area contributed by atoms with Gasteiger partial charge in [0, 0.05) is 18.5 Å². The molecular weight excluding hydrogens is 240 g/mol. The molecule has 0 radical (unpaired) electrons. The second-order valence-corrected chi connectivity index (χ2v) is 5.12. The summed E-state index contributed by atoms with van der Waals surface area (Å²) in [6.07, 6.45) is 2.73. The SMILES string of the molecule is C=CC(=O)N(Cc1ccccc1)CC(C)(C)/C=N/O. The Hall–Kier alpha value is -2.10. The smallest absolute Gasteiger partial charge is 0.246 e. The minimum Gasteiger partial charge on any atom is -0.411 e. The first kappa shape index (κ1) is 15.0. The Labute approximate surface area is 114 Å². The van der Waals surface area contributed by atoms with Crippen LogP contribution in [0.2, 0.25) is 0 Å². The zero-order chi connectivity index (χ0) is 14.3. The van der Waals surface area contributed by atoms with E-state index in [-0.39, 0.29) is 5.91 Å². The van der Waals surface area contributed by atoms with Gasteiger partial charge < -0.3 is 10.1 Å². The van der Waals surface area contributed by atoms with Crippen molar-refractivity contribution in [3.8, 4) is 0 Å². The molecule has 0 fully saturated rings. The van der Waals surface area contributed by atoms with Crippen molar-refractivity contribution in [2.75, 3.05) is 6.54 Å². The Kier molecular flexibility index (Phi) is 5.30. The molecule has 0 unspecified atom stereocenters. The molecule has 0 atom stereocenters. The lowest BCUT2D eigenvalue weighted by Gasteiger charge is -2.29. The fourth-order valence-corrected chi connectivity index (χ4v) is 1.83. The first-order chi connectivity index (χ1) is 8.98. The van der Waals surface area contributed by atoms with Gasteiger partial charge in [0.05, 0.1) is 6.21 Å². The lowest BCUT2D eigenvalue weighted by atomic mass is 9.94. The van der Waals surface area contributed by atoms with Gasteiger partial charge in [-0.1, -0.05) is 50.8 Å². The van der Waals surface area contributed by atoms with Gasteiger partial charge in [-0.3, -0.25) is 4.79 Å². The first-order valence-electron chi connectivity index (χ1n) is 6.12. The molecule has 1 amide bonds. The van der Waals surface area contributed by atoms with Crippen LogP contribution in [0.1, 0.15) is 19.4 Å². The molecular formula is C15H20N2O2. The highest BCUT2D eigenvalue weighted by atomic mass is 16.4. The number of rotatable bonds is 6. The third-order valence-corrected chi connectivity index (χ3v) is 2.71. The van der Waals surface area contributed by atoms with Crippen LogP contribution in [0.15, 0.2) is 48.1 Å². The van der Waals surface area contributed by atoms with Gasteiger partial charge in [-0.2, -0.15) is 0 Å². The molecule has 0 aromatic heterocycles. The molecule has 4 heteroatoms. The number of oxime groups is 1. The summed E-state index contributed by atoms with van der Waals surface area (Å²) >= 11 is 0. The summed E-state index contributed by atoms with van der Waals surface area (Å²) in [5, 5.41) is 11.7. The summed E-state index contributed by atoms with van der Waals surface area (Å²) in [5.41, 5.74) is 0.650. The van der Waals surface area contributed by atoms with Crippen LogP contribution in [0.3, 0.4) is 0 Å². The van der Waals surface area contributed by atoms with Crippen molar-refractivity contribution in [1.82, 2.24) is 4.90 Å². The molecule has 1 aromatic rings. The molecule has 1 N–H and O–H groups in total. The summed E-state index contributed by atoms with van der Waals surface area (Å²) < 4.78 is 0. The van der Waals surface area contributed by atoms with E-state index in [0.29, 0.717) is 13.1 Å². The quantitative estimate of drug-likeness (QED) is 0.370. The zero-order valence-corrected chi connectivity index (χ0v) is 11.4. The van der Waals surface area contributed by atoms with Crippen molar-refractivity contribution in [1.29, 1.82) is 0 Å². The summed E-state index contributed by atoms with van der Waals surface area (Å²) in [6.45, 7) is 8.30. The van der Waals surface area contributed by atoms with Crippen LogP contribution in [0.5, 0.6) is 0 Å². The van der Waals surface area contributed by atoms with Crippen LogP contribution >= 0.6 is 0 Å². The number of nitrogens with zero attached hydrogens (tertiary/aromatic N) is 2. The maximum Gasteiger partial charge on any atom is 0.246 e. The zero-order valence-electron chi connectivity index (χ0n) is 11.4. The normalized spacial score (nSPS) is 11.5. The van der Waals surface area contributed by atoms with E-state index >= 15 is 0 Å². The highest BCUT2D eigenvalue weighted by molar-refractivity contribution is 5.87. The number of carbonyl (C=O) groups is 1. The number of benzene rings is 1. The molecule has 1 rings (SSSR count). The van der Waals surface area contributed by atoms with Crippen LogP contribution < -0.4 is 0 Å². The molecule has 0 aliphatic rings. The molecule has 0 bridgehead atoms. The molecule has 1 aromatic carbocycles. The topological polar surface area (TPSA) is 52.9 Å². The fraction of sp³-hybridized carbons (Fsp3) is 0.333.